The standard InChI is InChI=1S/C6H13N2O6PS/c1-13-5-3(2-16-15(10,11)12)14-6(8-7)4(5)9/h3-7,9H,2H2,1H3,(H2,10,11,12)/t3-,4+,5?,6-/m1/s1. The van der Waals surface area contributed by atoms with Gasteiger partial charge >= 0.3 is 6.80 Å². The highest BCUT2D eigenvalue weighted by Crippen LogP contribution is 2.51. The lowest BCUT2D eigenvalue weighted by Gasteiger charge is -2.17. The van der Waals surface area contributed by atoms with Crippen LogP contribution in [0.3, 0.4) is 0 Å². The fourth-order valence-electron chi connectivity index (χ4n) is 1.42. The smallest absolute Gasteiger partial charge is 0.384 e. The zero-order chi connectivity index (χ0) is 12.3. The summed E-state index contributed by atoms with van der Waals surface area (Å²) < 4.78 is 20.7. The van der Waals surface area contributed by atoms with E-state index in [-0.39, 0.29) is 5.75 Å². The molecule has 1 fully saturated rings. The second-order valence-corrected chi connectivity index (χ2v) is 6.95. The van der Waals surface area contributed by atoms with E-state index in [2.05, 4.69) is 5.11 Å². The molecule has 0 aliphatic carbocycles. The van der Waals surface area contributed by atoms with Crippen molar-refractivity contribution in [3.63, 3.8) is 0 Å². The summed E-state index contributed by atoms with van der Waals surface area (Å²) >= 11 is 0.412. The summed E-state index contributed by atoms with van der Waals surface area (Å²) in [5, 5.41) is 12.6. The minimum Gasteiger partial charge on any atom is -0.385 e. The number of aliphatic hydroxyl groups excluding tert-OH is 1. The average Bonchev–Trinajstić information content (AvgIpc) is 2.50. The lowest BCUT2D eigenvalue weighted by atomic mass is 10.1. The van der Waals surface area contributed by atoms with Crippen LogP contribution in [0.25, 0.3) is 0 Å². The first-order valence-electron chi connectivity index (χ1n) is 4.32. The third-order valence-corrected chi connectivity index (χ3v) is 4.39. The van der Waals surface area contributed by atoms with E-state index >= 15 is 0 Å². The van der Waals surface area contributed by atoms with Crippen LogP contribution in [-0.4, -0.2) is 52.3 Å². The van der Waals surface area contributed by atoms with Crippen LogP contribution in [0.2, 0.25) is 0 Å². The fraction of sp³-hybridized carbons (Fsp3) is 1.00. The van der Waals surface area contributed by atoms with Gasteiger partial charge in [0.1, 0.15) is 12.2 Å². The van der Waals surface area contributed by atoms with Gasteiger partial charge in [0.2, 0.25) is 0 Å². The Hall–Kier alpha value is -0.0200. The van der Waals surface area contributed by atoms with Crippen molar-refractivity contribution < 1.29 is 28.9 Å². The lowest BCUT2D eigenvalue weighted by Crippen LogP contribution is -2.34. The maximum atomic E-state index is 10.7. The molecular weight excluding hydrogens is 259 g/mol. The van der Waals surface area contributed by atoms with Gasteiger partial charge in [-0.1, -0.05) is 0 Å². The van der Waals surface area contributed by atoms with E-state index in [0.717, 1.165) is 0 Å². The van der Waals surface area contributed by atoms with Gasteiger partial charge < -0.3 is 24.4 Å². The SMILES string of the molecule is COC1[C@@H](CSP(=O)(O)O)O[C@@H](N=N)[C@H]1O. The molecule has 16 heavy (non-hydrogen) atoms. The normalized spacial score (nSPS) is 35.2. The van der Waals surface area contributed by atoms with Crippen LogP contribution in [0.1, 0.15) is 0 Å². The molecule has 1 aliphatic heterocycles. The van der Waals surface area contributed by atoms with Crippen molar-refractivity contribution in [3.8, 4) is 0 Å². The third-order valence-electron chi connectivity index (χ3n) is 2.12. The average molecular weight is 272 g/mol. The highest BCUT2D eigenvalue weighted by atomic mass is 32.7. The van der Waals surface area contributed by atoms with Crippen LogP contribution < -0.4 is 0 Å². The molecule has 0 aromatic heterocycles. The maximum absolute atomic E-state index is 10.7. The van der Waals surface area contributed by atoms with Gasteiger partial charge in [0.15, 0.2) is 6.23 Å². The summed E-state index contributed by atoms with van der Waals surface area (Å²) in [5.74, 6) is -0.0358. The third kappa shape index (κ3) is 3.49. The second kappa shape index (κ2) is 5.54. The molecule has 1 unspecified atom stereocenters. The van der Waals surface area contributed by atoms with Crippen LogP contribution in [0, 0.1) is 5.53 Å². The zero-order valence-corrected chi connectivity index (χ0v) is 10.1. The molecule has 0 aromatic rings. The number of methoxy groups -OCH3 is 1. The van der Waals surface area contributed by atoms with Crippen LogP contribution in [0.4, 0.5) is 0 Å². The monoisotopic (exact) mass is 272 g/mol. The van der Waals surface area contributed by atoms with Crippen molar-refractivity contribution in [2.75, 3.05) is 12.9 Å². The fourth-order valence-corrected chi connectivity index (χ4v) is 3.05. The summed E-state index contributed by atoms with van der Waals surface area (Å²) in [6.45, 7) is -4.18. The van der Waals surface area contributed by atoms with Gasteiger partial charge in [-0.05, 0) is 11.4 Å². The highest BCUT2D eigenvalue weighted by Gasteiger charge is 2.44. The topological polar surface area (TPSA) is 132 Å². The molecule has 1 aliphatic rings. The Morgan fingerprint density at radius 1 is 1.62 bits per heavy atom. The van der Waals surface area contributed by atoms with Crippen molar-refractivity contribution in [3.05, 3.63) is 0 Å². The highest BCUT2D eigenvalue weighted by molar-refractivity contribution is 8.54. The Bertz CT molecular complexity index is 299. The van der Waals surface area contributed by atoms with E-state index in [1.807, 2.05) is 0 Å². The maximum Gasteiger partial charge on any atom is 0.384 e. The number of aliphatic hydroxyl groups is 1. The number of ether oxygens (including phenoxy) is 2. The quantitative estimate of drug-likeness (QED) is 0.407. The van der Waals surface area contributed by atoms with Crippen molar-refractivity contribution in [2.45, 2.75) is 24.5 Å². The Kier molecular flexibility index (Phi) is 4.87. The summed E-state index contributed by atoms with van der Waals surface area (Å²) in [7, 11) is 1.35. The van der Waals surface area contributed by atoms with E-state index in [1.54, 1.807) is 0 Å². The molecule has 0 bridgehead atoms. The summed E-state index contributed by atoms with van der Waals surface area (Å²) in [6, 6.07) is 0. The first kappa shape index (κ1) is 14.0. The molecular formula is C6H13N2O6PS. The largest absolute Gasteiger partial charge is 0.385 e. The van der Waals surface area contributed by atoms with Gasteiger partial charge in [-0.3, -0.25) is 0 Å². The Morgan fingerprint density at radius 3 is 2.69 bits per heavy atom. The molecule has 0 amide bonds. The molecule has 8 nitrogen and oxygen atoms in total. The molecule has 0 spiro atoms. The summed E-state index contributed by atoms with van der Waals surface area (Å²) in [5.41, 5.74) is 6.76. The van der Waals surface area contributed by atoms with E-state index in [0.29, 0.717) is 11.4 Å². The van der Waals surface area contributed by atoms with E-state index in [9.17, 15) is 9.67 Å². The number of nitrogens with zero attached hydrogens (tertiary/aromatic N) is 1. The van der Waals surface area contributed by atoms with E-state index < -0.39 is 31.3 Å². The molecule has 10 heteroatoms. The van der Waals surface area contributed by atoms with Gasteiger partial charge in [-0.2, -0.15) is 5.11 Å². The van der Waals surface area contributed by atoms with Gasteiger partial charge in [-0.25, -0.2) is 10.1 Å². The van der Waals surface area contributed by atoms with Crippen molar-refractivity contribution >= 4 is 18.2 Å². The molecule has 0 saturated carbocycles. The lowest BCUT2D eigenvalue weighted by molar-refractivity contribution is -0.00236. The van der Waals surface area contributed by atoms with Gasteiger partial charge in [0.25, 0.3) is 0 Å². The van der Waals surface area contributed by atoms with Crippen LogP contribution in [0.5, 0.6) is 0 Å². The van der Waals surface area contributed by atoms with Crippen molar-refractivity contribution in [1.82, 2.24) is 0 Å². The number of nitrogens with one attached hydrogen (secondary N) is 1. The predicted octanol–water partition coefficient (Wildman–Crippen LogP) is -0.0559. The molecule has 0 aromatic carbocycles. The zero-order valence-electron chi connectivity index (χ0n) is 8.39. The second-order valence-electron chi connectivity index (χ2n) is 3.17. The molecule has 1 saturated heterocycles. The molecule has 4 N–H and O–H groups in total. The van der Waals surface area contributed by atoms with Gasteiger partial charge in [0.05, 0.1) is 6.10 Å². The van der Waals surface area contributed by atoms with E-state index in [4.69, 9.17) is 24.8 Å². The van der Waals surface area contributed by atoms with Crippen LogP contribution in [0.15, 0.2) is 5.11 Å². The minimum absolute atomic E-state index is 0.0358. The Morgan fingerprint density at radius 2 is 2.25 bits per heavy atom. The number of rotatable bonds is 5. The van der Waals surface area contributed by atoms with E-state index in [1.165, 1.54) is 7.11 Å². The van der Waals surface area contributed by atoms with Gasteiger partial charge in [0, 0.05) is 12.9 Å². The molecule has 1 rings (SSSR count). The minimum atomic E-state index is -4.18. The summed E-state index contributed by atoms with van der Waals surface area (Å²) in [6.07, 6.45) is -3.56. The molecule has 94 valence electrons. The predicted molar refractivity (Wildman–Crippen MR) is 55.1 cm³/mol. The molecule has 4 atom stereocenters. The number of hydrogen-bond donors (Lipinski definition) is 4. The molecule has 1 heterocycles. The molecule has 0 radical (unpaired) electrons. The van der Waals surface area contributed by atoms with Crippen molar-refractivity contribution in [1.29, 1.82) is 5.53 Å². The van der Waals surface area contributed by atoms with Crippen molar-refractivity contribution in [2.24, 2.45) is 5.11 Å². The first-order valence-corrected chi connectivity index (χ1v) is 7.52. The van der Waals surface area contributed by atoms with Crippen LogP contribution in [-0.2, 0) is 14.0 Å². The Balaban J connectivity index is 2.59. The Labute approximate surface area is 95.7 Å². The number of hydrogen-bond acceptors (Lipinski definition) is 7. The first-order chi connectivity index (χ1) is 7.39. The summed E-state index contributed by atoms with van der Waals surface area (Å²) in [4.78, 5) is 17.4. The van der Waals surface area contributed by atoms with Gasteiger partial charge in [-0.15, -0.1) is 0 Å². The van der Waals surface area contributed by atoms with Crippen LogP contribution >= 0.6 is 18.2 Å².